The topological polar surface area (TPSA) is 41.1 Å². The molecule has 0 saturated carbocycles. The molecule has 0 bridgehead atoms. The summed E-state index contributed by atoms with van der Waals surface area (Å²) in [6, 6.07) is 8.70. The Morgan fingerprint density at radius 1 is 1.20 bits per heavy atom. The van der Waals surface area contributed by atoms with E-state index in [4.69, 9.17) is 0 Å². The molecular weight excluding hydrogens is 248 g/mol. The van der Waals surface area contributed by atoms with Crippen LogP contribution in [0.4, 0.5) is 5.82 Å². The van der Waals surface area contributed by atoms with Crippen LogP contribution in [0, 0.1) is 0 Å². The van der Waals surface area contributed by atoms with Crippen molar-refractivity contribution in [3.63, 3.8) is 0 Å². The quantitative estimate of drug-likeness (QED) is 0.876. The van der Waals surface area contributed by atoms with Crippen LogP contribution in [0.25, 0.3) is 0 Å². The summed E-state index contributed by atoms with van der Waals surface area (Å²) < 4.78 is 0. The number of hydrogen-bond donors (Lipinski definition) is 1. The number of nitrogens with one attached hydrogen (secondary N) is 1. The molecule has 0 radical (unpaired) electrons. The molecule has 20 heavy (non-hydrogen) atoms. The molecule has 2 heterocycles. The Morgan fingerprint density at radius 2 is 2.05 bits per heavy atom. The molecule has 0 saturated heterocycles. The second kappa shape index (κ2) is 7.01. The first-order valence-electron chi connectivity index (χ1n) is 6.93. The maximum atomic E-state index is 4.44. The minimum Gasteiger partial charge on any atom is -0.355 e. The highest BCUT2D eigenvalue weighted by Gasteiger charge is 2.05. The molecule has 2 rings (SSSR count). The second-order valence-electron chi connectivity index (χ2n) is 5.28. The van der Waals surface area contributed by atoms with Crippen LogP contribution in [0.15, 0.2) is 42.9 Å². The Hall–Kier alpha value is -1.94. The van der Waals surface area contributed by atoms with Crippen LogP contribution in [0.5, 0.6) is 0 Å². The first-order chi connectivity index (χ1) is 9.65. The van der Waals surface area contributed by atoms with Crippen LogP contribution in [-0.4, -0.2) is 23.1 Å². The molecular formula is C16H22N4. The summed E-state index contributed by atoms with van der Waals surface area (Å²) in [7, 11) is 2.05. The zero-order chi connectivity index (χ0) is 14.4. The molecule has 2 aromatic heterocycles. The van der Waals surface area contributed by atoms with Gasteiger partial charge in [0.05, 0.1) is 0 Å². The number of hydrogen-bond acceptors (Lipinski definition) is 4. The lowest BCUT2D eigenvalue weighted by Crippen LogP contribution is -2.22. The fraction of sp³-hybridized carbons (Fsp3) is 0.375. The van der Waals surface area contributed by atoms with Crippen LogP contribution >= 0.6 is 0 Å². The summed E-state index contributed by atoms with van der Waals surface area (Å²) in [5.74, 6) is 0.983. The molecule has 0 fully saturated rings. The number of aromatic nitrogens is 2. The number of anilines is 1. The fourth-order valence-corrected chi connectivity index (χ4v) is 1.95. The average Bonchev–Trinajstić information content (AvgIpc) is 2.46. The van der Waals surface area contributed by atoms with Crippen LogP contribution in [0.3, 0.4) is 0 Å². The van der Waals surface area contributed by atoms with Gasteiger partial charge in [0, 0.05) is 44.8 Å². The minimum absolute atomic E-state index is 0.486. The molecule has 4 heteroatoms. The molecule has 0 atom stereocenters. The van der Waals surface area contributed by atoms with Crippen molar-refractivity contribution < 1.29 is 0 Å². The Bertz CT molecular complexity index is 525. The highest BCUT2D eigenvalue weighted by atomic mass is 15.2. The van der Waals surface area contributed by atoms with Gasteiger partial charge < -0.3 is 10.2 Å². The van der Waals surface area contributed by atoms with Crippen molar-refractivity contribution in [2.75, 3.05) is 11.9 Å². The Labute approximate surface area is 120 Å². The van der Waals surface area contributed by atoms with Crippen molar-refractivity contribution in [2.24, 2.45) is 0 Å². The van der Waals surface area contributed by atoms with Gasteiger partial charge in [0.2, 0.25) is 0 Å². The van der Waals surface area contributed by atoms with Gasteiger partial charge in [-0.1, -0.05) is 19.9 Å². The van der Waals surface area contributed by atoms with Gasteiger partial charge in [0.25, 0.3) is 0 Å². The normalized spacial score (nSPS) is 10.8. The summed E-state index contributed by atoms with van der Waals surface area (Å²) in [5.41, 5.74) is 2.43. The second-order valence-corrected chi connectivity index (χ2v) is 5.28. The lowest BCUT2D eigenvalue weighted by molar-refractivity contribution is 0.588. The molecule has 0 amide bonds. The van der Waals surface area contributed by atoms with E-state index in [1.807, 2.05) is 18.5 Å². The average molecular weight is 270 g/mol. The van der Waals surface area contributed by atoms with Gasteiger partial charge in [-0.05, 0) is 29.3 Å². The van der Waals surface area contributed by atoms with Crippen LogP contribution in [-0.2, 0) is 13.1 Å². The van der Waals surface area contributed by atoms with E-state index in [1.165, 1.54) is 11.1 Å². The van der Waals surface area contributed by atoms with Gasteiger partial charge in [-0.15, -0.1) is 0 Å². The molecule has 0 aliphatic rings. The standard InChI is InChI=1S/C16H22N4/c1-13(2)19-11-14-6-8-18-16(9-14)20(3)12-15-5-4-7-17-10-15/h4-10,13,19H,11-12H2,1-3H3. The maximum Gasteiger partial charge on any atom is 0.128 e. The van der Waals surface area contributed by atoms with Crippen molar-refractivity contribution in [1.29, 1.82) is 0 Å². The monoisotopic (exact) mass is 270 g/mol. The van der Waals surface area contributed by atoms with Gasteiger partial charge in [-0.2, -0.15) is 0 Å². The summed E-state index contributed by atoms with van der Waals surface area (Å²) in [6.07, 6.45) is 5.55. The fourth-order valence-electron chi connectivity index (χ4n) is 1.95. The first kappa shape index (κ1) is 14.5. The van der Waals surface area contributed by atoms with Gasteiger partial charge in [0.15, 0.2) is 0 Å². The van der Waals surface area contributed by atoms with E-state index in [-0.39, 0.29) is 0 Å². The predicted molar refractivity (Wildman–Crippen MR) is 82.6 cm³/mol. The van der Waals surface area contributed by atoms with Gasteiger partial charge >= 0.3 is 0 Å². The predicted octanol–water partition coefficient (Wildman–Crippen LogP) is 2.61. The van der Waals surface area contributed by atoms with Gasteiger partial charge in [0.1, 0.15) is 5.82 Å². The van der Waals surface area contributed by atoms with E-state index in [1.54, 1.807) is 6.20 Å². The minimum atomic E-state index is 0.486. The van der Waals surface area contributed by atoms with E-state index in [0.29, 0.717) is 6.04 Å². The maximum absolute atomic E-state index is 4.44. The molecule has 0 unspecified atom stereocenters. The van der Waals surface area contributed by atoms with Gasteiger partial charge in [-0.25, -0.2) is 4.98 Å². The molecule has 106 valence electrons. The molecule has 2 aromatic rings. The van der Waals surface area contributed by atoms with E-state index in [9.17, 15) is 0 Å². The Kier molecular flexibility index (Phi) is 5.07. The Balaban J connectivity index is 2.02. The molecule has 0 aliphatic heterocycles. The molecule has 0 aliphatic carbocycles. The highest BCUT2D eigenvalue weighted by molar-refractivity contribution is 5.40. The lowest BCUT2D eigenvalue weighted by atomic mass is 10.2. The third-order valence-electron chi connectivity index (χ3n) is 3.06. The van der Waals surface area contributed by atoms with E-state index >= 15 is 0 Å². The summed E-state index contributed by atoms with van der Waals surface area (Å²) >= 11 is 0. The molecule has 1 N–H and O–H groups in total. The lowest BCUT2D eigenvalue weighted by Gasteiger charge is -2.19. The van der Waals surface area contributed by atoms with E-state index < -0.39 is 0 Å². The van der Waals surface area contributed by atoms with Crippen molar-refractivity contribution in [2.45, 2.75) is 33.0 Å². The third kappa shape index (κ3) is 4.31. The van der Waals surface area contributed by atoms with Crippen molar-refractivity contribution in [3.8, 4) is 0 Å². The Morgan fingerprint density at radius 3 is 2.75 bits per heavy atom. The summed E-state index contributed by atoms with van der Waals surface area (Å²) in [5, 5.41) is 3.42. The van der Waals surface area contributed by atoms with Crippen LogP contribution in [0.2, 0.25) is 0 Å². The zero-order valence-electron chi connectivity index (χ0n) is 12.4. The zero-order valence-corrected chi connectivity index (χ0v) is 12.4. The summed E-state index contributed by atoms with van der Waals surface area (Å²) in [4.78, 5) is 10.7. The van der Waals surface area contributed by atoms with Gasteiger partial charge in [-0.3, -0.25) is 4.98 Å². The van der Waals surface area contributed by atoms with Crippen molar-refractivity contribution >= 4 is 5.82 Å². The summed E-state index contributed by atoms with van der Waals surface area (Å²) in [6.45, 7) is 5.98. The number of rotatable bonds is 6. The molecule has 4 nitrogen and oxygen atoms in total. The molecule has 0 spiro atoms. The van der Waals surface area contributed by atoms with Crippen LogP contribution in [0.1, 0.15) is 25.0 Å². The van der Waals surface area contributed by atoms with Crippen molar-refractivity contribution in [1.82, 2.24) is 15.3 Å². The molecule has 0 aromatic carbocycles. The van der Waals surface area contributed by atoms with E-state index in [2.05, 4.69) is 59.3 Å². The third-order valence-corrected chi connectivity index (χ3v) is 3.06. The SMILES string of the molecule is CC(C)NCc1ccnc(N(C)Cc2cccnc2)c1. The number of nitrogens with zero attached hydrogens (tertiary/aromatic N) is 3. The smallest absolute Gasteiger partial charge is 0.128 e. The van der Waals surface area contributed by atoms with Crippen molar-refractivity contribution in [3.05, 3.63) is 54.0 Å². The van der Waals surface area contributed by atoms with E-state index in [0.717, 1.165) is 18.9 Å². The van der Waals surface area contributed by atoms with Crippen LogP contribution < -0.4 is 10.2 Å². The number of pyridine rings is 2. The first-order valence-corrected chi connectivity index (χ1v) is 6.93. The largest absolute Gasteiger partial charge is 0.355 e. The highest BCUT2D eigenvalue weighted by Crippen LogP contribution is 2.14.